The number of nitrogens with zero attached hydrogens (tertiary/aromatic N) is 1. The fraction of sp³-hybridized carbons (Fsp3) is 0.750. The molecule has 0 saturated heterocycles. The van der Waals surface area contributed by atoms with Gasteiger partial charge in [0.05, 0.1) is 0 Å². The molecule has 2 unspecified atom stereocenters. The van der Waals surface area contributed by atoms with E-state index in [-0.39, 0.29) is 11.5 Å². The van der Waals surface area contributed by atoms with E-state index < -0.39 is 18.1 Å². The zero-order chi connectivity index (χ0) is 10.3. The first-order valence-corrected chi connectivity index (χ1v) is 4.43. The molecule has 1 saturated carbocycles. The predicted octanol–water partition coefficient (Wildman–Crippen LogP) is 1.25. The summed E-state index contributed by atoms with van der Waals surface area (Å²) in [6.45, 7) is 0. The standard InChI is InChI=1S/C8H9F3N2O/c9-8(10,11)7-4-2-1-3-5(14)6(4)12-13-7/h4,7,13H,1-3H2. The molecule has 1 fully saturated rings. The van der Waals surface area contributed by atoms with Gasteiger partial charge in [0.2, 0.25) is 0 Å². The van der Waals surface area contributed by atoms with E-state index >= 15 is 0 Å². The largest absolute Gasteiger partial charge is 0.410 e. The monoisotopic (exact) mass is 206 g/mol. The predicted molar refractivity (Wildman–Crippen MR) is 42.8 cm³/mol. The van der Waals surface area contributed by atoms with Gasteiger partial charge in [0, 0.05) is 12.3 Å². The molecule has 0 aromatic rings. The van der Waals surface area contributed by atoms with Crippen molar-refractivity contribution >= 4 is 11.5 Å². The van der Waals surface area contributed by atoms with Crippen LogP contribution in [0.2, 0.25) is 0 Å². The number of carbonyl (C=O) groups is 1. The van der Waals surface area contributed by atoms with Crippen LogP contribution in [0.3, 0.4) is 0 Å². The maximum atomic E-state index is 12.4. The molecule has 14 heavy (non-hydrogen) atoms. The lowest BCUT2D eigenvalue weighted by Gasteiger charge is -2.24. The minimum absolute atomic E-state index is 0.0820. The van der Waals surface area contributed by atoms with Crippen molar-refractivity contribution in [1.82, 2.24) is 5.43 Å². The number of Topliss-reactive ketones (excluding diaryl/α,β-unsaturated/α-hetero) is 1. The van der Waals surface area contributed by atoms with Crippen LogP contribution in [0.25, 0.3) is 0 Å². The van der Waals surface area contributed by atoms with E-state index in [1.165, 1.54) is 0 Å². The highest BCUT2D eigenvalue weighted by Gasteiger charge is 2.51. The number of hydrazone groups is 1. The number of alkyl halides is 3. The number of ketones is 1. The summed E-state index contributed by atoms with van der Waals surface area (Å²) in [5.74, 6) is -1.02. The Kier molecular flexibility index (Phi) is 2.01. The summed E-state index contributed by atoms with van der Waals surface area (Å²) in [4.78, 5) is 11.2. The highest BCUT2D eigenvalue weighted by molar-refractivity contribution is 6.41. The van der Waals surface area contributed by atoms with Crippen LogP contribution in [0.5, 0.6) is 0 Å². The van der Waals surface area contributed by atoms with Crippen molar-refractivity contribution in [2.24, 2.45) is 11.0 Å². The Hall–Kier alpha value is -1.07. The van der Waals surface area contributed by atoms with E-state index in [1.54, 1.807) is 0 Å². The first-order valence-electron chi connectivity index (χ1n) is 4.43. The molecule has 1 N–H and O–H groups in total. The van der Waals surface area contributed by atoms with Gasteiger partial charge in [-0.15, -0.1) is 0 Å². The highest BCUT2D eigenvalue weighted by Crippen LogP contribution is 2.35. The van der Waals surface area contributed by atoms with Crippen LogP contribution >= 0.6 is 0 Å². The molecule has 0 bridgehead atoms. The van der Waals surface area contributed by atoms with E-state index in [2.05, 4.69) is 5.10 Å². The van der Waals surface area contributed by atoms with Crippen LogP contribution in [0.4, 0.5) is 13.2 Å². The minimum Gasteiger partial charge on any atom is -0.297 e. The van der Waals surface area contributed by atoms with E-state index in [0.29, 0.717) is 19.3 Å². The van der Waals surface area contributed by atoms with E-state index in [4.69, 9.17) is 0 Å². The van der Waals surface area contributed by atoms with Crippen LogP contribution in [0, 0.1) is 5.92 Å². The molecule has 0 amide bonds. The zero-order valence-electron chi connectivity index (χ0n) is 7.27. The first-order chi connectivity index (χ1) is 6.50. The Bertz CT molecular complexity index is 297. The molecule has 2 aliphatic rings. The molecule has 2 rings (SSSR count). The Morgan fingerprint density at radius 3 is 2.79 bits per heavy atom. The summed E-state index contributed by atoms with van der Waals surface area (Å²) in [6, 6.07) is -1.67. The lowest BCUT2D eigenvalue weighted by atomic mass is 9.82. The van der Waals surface area contributed by atoms with Crippen molar-refractivity contribution in [2.45, 2.75) is 31.5 Å². The zero-order valence-corrected chi connectivity index (χ0v) is 7.27. The van der Waals surface area contributed by atoms with Gasteiger partial charge in [0.15, 0.2) is 5.78 Å². The van der Waals surface area contributed by atoms with Gasteiger partial charge in [-0.05, 0) is 12.8 Å². The number of rotatable bonds is 0. The second-order valence-electron chi connectivity index (χ2n) is 3.57. The Labute approximate surface area is 78.4 Å². The summed E-state index contributed by atoms with van der Waals surface area (Å²) < 4.78 is 37.2. The van der Waals surface area contributed by atoms with Crippen LogP contribution < -0.4 is 5.43 Å². The van der Waals surface area contributed by atoms with Crippen LogP contribution in [0.15, 0.2) is 5.10 Å². The van der Waals surface area contributed by atoms with Gasteiger partial charge in [-0.3, -0.25) is 10.2 Å². The molecule has 0 aromatic heterocycles. The molecule has 1 aliphatic carbocycles. The second kappa shape index (κ2) is 2.96. The van der Waals surface area contributed by atoms with Gasteiger partial charge in [0.1, 0.15) is 11.8 Å². The third-order valence-electron chi connectivity index (χ3n) is 2.63. The smallest absolute Gasteiger partial charge is 0.297 e. The van der Waals surface area contributed by atoms with Gasteiger partial charge in [-0.25, -0.2) is 0 Å². The first kappa shape index (κ1) is 9.48. The molecular formula is C8H9F3N2O. The molecule has 0 aromatic carbocycles. The molecular weight excluding hydrogens is 197 g/mol. The topological polar surface area (TPSA) is 41.5 Å². The van der Waals surface area contributed by atoms with Crippen molar-refractivity contribution in [2.75, 3.05) is 0 Å². The lowest BCUT2D eigenvalue weighted by molar-refractivity contribution is -0.160. The van der Waals surface area contributed by atoms with Crippen molar-refractivity contribution in [3.8, 4) is 0 Å². The summed E-state index contributed by atoms with van der Waals surface area (Å²) in [5, 5.41) is 3.48. The van der Waals surface area contributed by atoms with E-state index in [9.17, 15) is 18.0 Å². The van der Waals surface area contributed by atoms with Crippen LogP contribution in [-0.2, 0) is 4.79 Å². The molecule has 2 atom stereocenters. The Morgan fingerprint density at radius 2 is 2.14 bits per heavy atom. The van der Waals surface area contributed by atoms with Crippen molar-refractivity contribution in [3.05, 3.63) is 0 Å². The number of carbonyl (C=O) groups excluding carboxylic acids is 1. The molecule has 3 nitrogen and oxygen atoms in total. The normalized spacial score (nSPS) is 32.2. The number of fused-ring (bicyclic) bond motifs is 1. The Morgan fingerprint density at radius 1 is 1.43 bits per heavy atom. The second-order valence-corrected chi connectivity index (χ2v) is 3.57. The molecule has 0 spiro atoms. The Balaban J connectivity index is 2.20. The van der Waals surface area contributed by atoms with Gasteiger partial charge < -0.3 is 0 Å². The third kappa shape index (κ3) is 1.38. The van der Waals surface area contributed by atoms with Crippen molar-refractivity contribution < 1.29 is 18.0 Å². The maximum absolute atomic E-state index is 12.4. The molecule has 1 aliphatic heterocycles. The summed E-state index contributed by atoms with van der Waals surface area (Å²) >= 11 is 0. The van der Waals surface area contributed by atoms with Gasteiger partial charge in [-0.2, -0.15) is 18.3 Å². The van der Waals surface area contributed by atoms with Gasteiger partial charge in [-0.1, -0.05) is 0 Å². The average molecular weight is 206 g/mol. The van der Waals surface area contributed by atoms with Crippen molar-refractivity contribution in [1.29, 1.82) is 0 Å². The fourth-order valence-electron chi connectivity index (χ4n) is 1.95. The van der Waals surface area contributed by atoms with Crippen molar-refractivity contribution in [3.63, 3.8) is 0 Å². The molecule has 78 valence electrons. The van der Waals surface area contributed by atoms with E-state index in [0.717, 1.165) is 0 Å². The SMILES string of the molecule is O=C1CCCC2C1=NNC2C(F)(F)F. The molecule has 6 heteroatoms. The third-order valence-corrected chi connectivity index (χ3v) is 2.63. The maximum Gasteiger partial charge on any atom is 0.410 e. The number of hydrogen-bond acceptors (Lipinski definition) is 3. The lowest BCUT2D eigenvalue weighted by Crippen LogP contribution is -2.45. The fourth-order valence-corrected chi connectivity index (χ4v) is 1.95. The van der Waals surface area contributed by atoms with E-state index in [1.807, 2.05) is 5.43 Å². The highest BCUT2D eigenvalue weighted by atomic mass is 19.4. The summed E-state index contributed by atoms with van der Waals surface area (Å²) in [5.41, 5.74) is 2.09. The summed E-state index contributed by atoms with van der Waals surface area (Å²) in [7, 11) is 0. The van der Waals surface area contributed by atoms with Gasteiger partial charge >= 0.3 is 6.18 Å². The number of nitrogens with one attached hydrogen (secondary N) is 1. The number of halogens is 3. The molecule has 0 radical (unpaired) electrons. The minimum atomic E-state index is -4.33. The average Bonchev–Trinajstić information content (AvgIpc) is 2.47. The molecule has 1 heterocycles. The quantitative estimate of drug-likeness (QED) is 0.648. The van der Waals surface area contributed by atoms with Gasteiger partial charge in [0.25, 0.3) is 0 Å². The van der Waals surface area contributed by atoms with Crippen LogP contribution in [-0.4, -0.2) is 23.7 Å². The number of hydrogen-bond donors (Lipinski definition) is 1. The summed E-state index contributed by atoms with van der Waals surface area (Å²) in [6.07, 6.45) is -3.09. The van der Waals surface area contributed by atoms with Crippen LogP contribution in [0.1, 0.15) is 19.3 Å².